The molecule has 3 heterocycles. The van der Waals surface area contributed by atoms with Crippen LogP contribution >= 0.6 is 0 Å². The molecular formula is C28H38O9. The zero-order valence-corrected chi connectivity index (χ0v) is 21.3. The molecule has 0 bridgehead atoms. The molecule has 0 aromatic heterocycles. The highest BCUT2D eigenvalue weighted by molar-refractivity contribution is 5.83. The van der Waals surface area contributed by atoms with E-state index >= 15 is 0 Å². The maximum Gasteiger partial charge on any atom is 0.330 e. The number of hydrogen-bond acceptors (Lipinski definition) is 9. The minimum absolute atomic E-state index is 0.0903. The Kier molecular flexibility index (Phi) is 9.10. The molecule has 1 aromatic carbocycles. The van der Waals surface area contributed by atoms with Gasteiger partial charge in [0.05, 0.1) is 12.2 Å². The average Bonchev–Trinajstić information content (AvgIpc) is 3.15. The maximum absolute atomic E-state index is 11.7. The van der Waals surface area contributed by atoms with Gasteiger partial charge in [-0.1, -0.05) is 25.3 Å². The first-order chi connectivity index (χ1) is 17.7. The Morgan fingerprint density at radius 1 is 1.11 bits per heavy atom. The third kappa shape index (κ3) is 7.69. The molecule has 3 N–H and O–H groups in total. The van der Waals surface area contributed by atoms with Crippen molar-refractivity contribution in [2.45, 2.75) is 114 Å². The van der Waals surface area contributed by atoms with Gasteiger partial charge in [0.15, 0.2) is 17.3 Å². The number of aryl methyl sites for hydroxylation is 1. The largest absolute Gasteiger partial charge is 0.504 e. The zero-order chi connectivity index (χ0) is 26.4. The first-order valence-corrected chi connectivity index (χ1v) is 13.3. The minimum Gasteiger partial charge on any atom is -0.504 e. The van der Waals surface area contributed by atoms with Gasteiger partial charge in [-0.05, 0) is 55.9 Å². The summed E-state index contributed by atoms with van der Waals surface area (Å²) in [5.74, 6) is -1.95. The fourth-order valence-electron chi connectivity index (χ4n) is 5.63. The number of benzene rings is 1. The Hall–Kier alpha value is -2.62. The monoisotopic (exact) mass is 518 g/mol. The summed E-state index contributed by atoms with van der Waals surface area (Å²) < 4.78 is 23.4. The van der Waals surface area contributed by atoms with E-state index in [0.717, 1.165) is 44.1 Å². The number of carbonyl (C=O) groups excluding carboxylic acids is 2. The SMILES string of the molecule is CC(=O)OC(CCCCCCCc1ccc(O)c(O)c1)CC1CC(O)CC2(CC3OC(=O)C=CC3O2)O1. The van der Waals surface area contributed by atoms with Crippen LogP contribution in [0, 0.1) is 0 Å². The number of aliphatic hydroxyl groups excluding tert-OH is 1. The first-order valence-electron chi connectivity index (χ1n) is 13.3. The van der Waals surface area contributed by atoms with Crippen molar-refractivity contribution in [3.8, 4) is 11.5 Å². The van der Waals surface area contributed by atoms with Crippen LogP contribution < -0.4 is 0 Å². The number of aromatic hydroxyl groups is 2. The number of esters is 2. The highest BCUT2D eigenvalue weighted by Crippen LogP contribution is 2.44. The Morgan fingerprint density at radius 3 is 2.68 bits per heavy atom. The van der Waals surface area contributed by atoms with Gasteiger partial charge in [0, 0.05) is 32.3 Å². The topological polar surface area (TPSA) is 132 Å². The molecule has 9 nitrogen and oxygen atoms in total. The lowest BCUT2D eigenvalue weighted by Crippen LogP contribution is -2.47. The van der Waals surface area contributed by atoms with E-state index in [1.54, 1.807) is 12.1 Å². The van der Waals surface area contributed by atoms with E-state index in [2.05, 4.69) is 0 Å². The second kappa shape index (κ2) is 12.3. The Balaban J connectivity index is 1.21. The fourth-order valence-corrected chi connectivity index (χ4v) is 5.63. The van der Waals surface area contributed by atoms with Crippen molar-refractivity contribution >= 4 is 11.9 Å². The summed E-state index contributed by atoms with van der Waals surface area (Å²) in [6.45, 7) is 1.40. The number of unbranched alkanes of at least 4 members (excludes halogenated alkanes) is 4. The summed E-state index contributed by atoms with van der Waals surface area (Å²) in [5, 5.41) is 29.6. The van der Waals surface area contributed by atoms with Crippen LogP contribution in [0.3, 0.4) is 0 Å². The summed E-state index contributed by atoms with van der Waals surface area (Å²) in [6, 6.07) is 4.93. The second-order valence-corrected chi connectivity index (χ2v) is 10.5. The van der Waals surface area contributed by atoms with Crippen molar-refractivity contribution < 1.29 is 43.9 Å². The van der Waals surface area contributed by atoms with Gasteiger partial charge in [-0.15, -0.1) is 0 Å². The van der Waals surface area contributed by atoms with Crippen LogP contribution in [0.1, 0.15) is 76.7 Å². The van der Waals surface area contributed by atoms with Gasteiger partial charge in [-0.25, -0.2) is 4.79 Å². The van der Waals surface area contributed by atoms with E-state index in [0.29, 0.717) is 32.1 Å². The number of hydrogen-bond donors (Lipinski definition) is 3. The van der Waals surface area contributed by atoms with Crippen LogP contribution in [0.2, 0.25) is 0 Å². The molecule has 0 amide bonds. The third-order valence-electron chi connectivity index (χ3n) is 7.27. The number of aliphatic hydroxyl groups is 1. The van der Waals surface area contributed by atoms with Crippen molar-refractivity contribution in [1.29, 1.82) is 0 Å². The standard InChI is InChI=1S/C28H38O9/c1-18(29)34-21(8-6-4-2-3-5-7-19-9-10-23(31)24(32)13-19)15-22-14-20(30)16-28(36-22)17-26-25(37-28)11-12-27(33)35-26/h9-13,20-22,25-26,30-32H,2-8,14-17H2,1H3. The second-order valence-electron chi connectivity index (χ2n) is 10.5. The number of phenolic OH excluding ortho intramolecular Hbond substituents is 2. The smallest absolute Gasteiger partial charge is 0.330 e. The van der Waals surface area contributed by atoms with Crippen molar-refractivity contribution in [1.82, 2.24) is 0 Å². The molecule has 4 rings (SSSR count). The number of phenols is 2. The van der Waals surface area contributed by atoms with Crippen LogP contribution in [0.4, 0.5) is 0 Å². The van der Waals surface area contributed by atoms with Crippen LogP contribution in [-0.2, 0) is 35.0 Å². The van der Waals surface area contributed by atoms with Crippen molar-refractivity contribution in [2.24, 2.45) is 0 Å². The normalized spacial score (nSPS) is 29.6. The molecular weight excluding hydrogens is 480 g/mol. The molecule has 37 heavy (non-hydrogen) atoms. The number of rotatable bonds is 11. The summed E-state index contributed by atoms with van der Waals surface area (Å²) in [4.78, 5) is 23.3. The first kappa shape index (κ1) is 27.4. The molecule has 204 valence electrons. The fraction of sp³-hybridized carbons (Fsp3) is 0.643. The quantitative estimate of drug-likeness (QED) is 0.227. The number of fused-ring (bicyclic) bond motifs is 1. The average molecular weight is 519 g/mol. The molecule has 1 aromatic rings. The van der Waals surface area contributed by atoms with Crippen LogP contribution in [0.25, 0.3) is 0 Å². The molecule has 3 aliphatic heterocycles. The lowest BCUT2D eigenvalue weighted by Gasteiger charge is -2.41. The predicted molar refractivity (Wildman–Crippen MR) is 133 cm³/mol. The van der Waals surface area contributed by atoms with Gasteiger partial charge in [0.25, 0.3) is 0 Å². The molecule has 0 aliphatic carbocycles. The summed E-state index contributed by atoms with van der Waals surface area (Å²) in [5.41, 5.74) is 0.998. The van der Waals surface area contributed by atoms with E-state index in [4.69, 9.17) is 18.9 Å². The van der Waals surface area contributed by atoms with Crippen molar-refractivity contribution in [2.75, 3.05) is 0 Å². The van der Waals surface area contributed by atoms with Gasteiger partial charge >= 0.3 is 11.9 Å². The molecule has 0 radical (unpaired) electrons. The van der Waals surface area contributed by atoms with E-state index in [1.807, 2.05) is 6.07 Å². The predicted octanol–water partition coefficient (Wildman–Crippen LogP) is 3.81. The number of ether oxygens (including phenoxy) is 4. The van der Waals surface area contributed by atoms with E-state index in [-0.39, 0.29) is 35.8 Å². The third-order valence-corrected chi connectivity index (χ3v) is 7.27. The lowest BCUT2D eigenvalue weighted by molar-refractivity contribution is -0.285. The van der Waals surface area contributed by atoms with Gasteiger partial charge < -0.3 is 34.3 Å². The highest BCUT2D eigenvalue weighted by Gasteiger charge is 2.53. The summed E-state index contributed by atoms with van der Waals surface area (Å²) in [6.07, 6.45) is 9.05. The van der Waals surface area contributed by atoms with Crippen LogP contribution in [0.15, 0.2) is 30.4 Å². The zero-order valence-electron chi connectivity index (χ0n) is 21.3. The minimum atomic E-state index is -1.01. The summed E-state index contributed by atoms with van der Waals surface area (Å²) in [7, 11) is 0. The molecule has 6 atom stereocenters. The molecule has 6 unspecified atom stereocenters. The van der Waals surface area contributed by atoms with Gasteiger partial charge in [0.2, 0.25) is 0 Å². The van der Waals surface area contributed by atoms with Crippen LogP contribution in [-0.4, -0.2) is 63.6 Å². The van der Waals surface area contributed by atoms with Crippen LogP contribution in [0.5, 0.6) is 11.5 Å². The molecule has 2 saturated heterocycles. The summed E-state index contributed by atoms with van der Waals surface area (Å²) >= 11 is 0. The Bertz CT molecular complexity index is 976. The van der Waals surface area contributed by atoms with E-state index < -0.39 is 24.0 Å². The van der Waals surface area contributed by atoms with E-state index in [1.165, 1.54) is 19.1 Å². The number of carbonyl (C=O) groups is 2. The van der Waals surface area contributed by atoms with Gasteiger partial charge in [-0.2, -0.15) is 0 Å². The Labute approximate surface area is 217 Å². The van der Waals surface area contributed by atoms with E-state index in [9.17, 15) is 24.9 Å². The van der Waals surface area contributed by atoms with Gasteiger partial charge in [-0.3, -0.25) is 4.79 Å². The maximum atomic E-state index is 11.7. The molecule has 9 heteroatoms. The molecule has 2 fully saturated rings. The molecule has 1 spiro atoms. The highest BCUT2D eigenvalue weighted by atomic mass is 16.7. The lowest BCUT2D eigenvalue weighted by atomic mass is 9.92. The Morgan fingerprint density at radius 2 is 1.89 bits per heavy atom. The van der Waals surface area contributed by atoms with Gasteiger partial charge in [0.1, 0.15) is 18.3 Å². The molecule has 3 aliphatic rings. The van der Waals surface area contributed by atoms with Crippen molar-refractivity contribution in [3.63, 3.8) is 0 Å². The molecule has 0 saturated carbocycles. The van der Waals surface area contributed by atoms with Crippen molar-refractivity contribution in [3.05, 3.63) is 35.9 Å².